The second-order valence-electron chi connectivity index (χ2n) is 8.81. The topological polar surface area (TPSA) is 40.6 Å². The van der Waals surface area contributed by atoms with E-state index in [1.54, 1.807) is 0 Å². The van der Waals surface area contributed by atoms with Gasteiger partial charge in [-0.05, 0) is 80.1 Å². The van der Waals surface area contributed by atoms with Gasteiger partial charge < -0.3 is 4.90 Å². The van der Waals surface area contributed by atoms with Crippen LogP contribution < -0.4 is 4.90 Å². The molecule has 0 aromatic heterocycles. The van der Waals surface area contributed by atoms with Crippen molar-refractivity contribution >= 4 is 23.1 Å². The van der Waals surface area contributed by atoms with Crippen LogP contribution in [0.2, 0.25) is 0 Å². The molecular weight excluding hydrogens is 408 g/mol. The summed E-state index contributed by atoms with van der Waals surface area (Å²) in [6.45, 7) is 11.2. The summed E-state index contributed by atoms with van der Waals surface area (Å²) < 4.78 is 0. The minimum absolute atomic E-state index is 0.268. The van der Waals surface area contributed by atoms with Crippen LogP contribution in [0.25, 0.3) is 5.57 Å². The standard InChI is InChI=1S/C29H30N2O2/c1-6-30(18-23-10-8-7-9-11-23)27-26(24-13-12-21(4)22(5)17-24)28(32)31(29(27)33)25-15-19(2)14-20(3)16-25/h7-17H,6,18H2,1-5H3. The van der Waals surface area contributed by atoms with E-state index in [4.69, 9.17) is 0 Å². The molecule has 3 aromatic carbocycles. The molecule has 2 amide bonds. The summed E-state index contributed by atoms with van der Waals surface area (Å²) in [6.07, 6.45) is 0. The van der Waals surface area contributed by atoms with Crippen LogP contribution in [0.1, 0.15) is 40.3 Å². The van der Waals surface area contributed by atoms with Crippen molar-refractivity contribution in [1.82, 2.24) is 4.90 Å². The average Bonchev–Trinajstić information content (AvgIpc) is 3.04. The van der Waals surface area contributed by atoms with Crippen LogP contribution in [0, 0.1) is 27.7 Å². The Kier molecular flexibility index (Phi) is 6.19. The number of anilines is 1. The number of amides is 2. The molecule has 0 fully saturated rings. The molecule has 33 heavy (non-hydrogen) atoms. The Hall–Kier alpha value is -3.66. The third-order valence-electron chi connectivity index (χ3n) is 6.23. The molecule has 3 aromatic rings. The first kappa shape index (κ1) is 22.5. The number of nitrogens with zero attached hydrogens (tertiary/aromatic N) is 2. The Morgan fingerprint density at radius 2 is 1.42 bits per heavy atom. The fraction of sp³-hybridized carbons (Fsp3) is 0.241. The van der Waals surface area contributed by atoms with Crippen molar-refractivity contribution < 1.29 is 9.59 Å². The van der Waals surface area contributed by atoms with Crippen LogP contribution in [0.5, 0.6) is 0 Å². The van der Waals surface area contributed by atoms with E-state index >= 15 is 0 Å². The highest BCUT2D eigenvalue weighted by molar-refractivity contribution is 6.45. The minimum atomic E-state index is -0.269. The average molecular weight is 439 g/mol. The lowest BCUT2D eigenvalue weighted by atomic mass is 9.99. The highest BCUT2D eigenvalue weighted by Crippen LogP contribution is 2.36. The Bertz CT molecular complexity index is 1240. The Labute approximate surface area is 196 Å². The van der Waals surface area contributed by atoms with Gasteiger partial charge in [-0.2, -0.15) is 0 Å². The number of hydrogen-bond acceptors (Lipinski definition) is 3. The molecule has 0 N–H and O–H groups in total. The Morgan fingerprint density at radius 3 is 2.03 bits per heavy atom. The van der Waals surface area contributed by atoms with Crippen molar-refractivity contribution in [2.75, 3.05) is 11.4 Å². The first-order chi connectivity index (χ1) is 15.8. The van der Waals surface area contributed by atoms with Gasteiger partial charge in [0.2, 0.25) is 0 Å². The van der Waals surface area contributed by atoms with Gasteiger partial charge in [0.05, 0.1) is 11.3 Å². The lowest BCUT2D eigenvalue weighted by Gasteiger charge is -2.25. The number of aryl methyl sites for hydroxylation is 4. The summed E-state index contributed by atoms with van der Waals surface area (Å²) in [5.74, 6) is -0.536. The van der Waals surface area contributed by atoms with E-state index in [9.17, 15) is 9.59 Å². The molecule has 1 aliphatic rings. The van der Waals surface area contributed by atoms with Crippen molar-refractivity contribution in [3.05, 3.63) is 106 Å². The summed E-state index contributed by atoms with van der Waals surface area (Å²) in [5.41, 5.74) is 7.72. The second kappa shape index (κ2) is 9.07. The van der Waals surface area contributed by atoms with Crippen molar-refractivity contribution in [3.63, 3.8) is 0 Å². The van der Waals surface area contributed by atoms with Crippen LogP contribution >= 0.6 is 0 Å². The molecule has 4 heteroatoms. The number of benzene rings is 3. The number of carbonyl (C=O) groups excluding carboxylic acids is 2. The molecule has 0 saturated carbocycles. The van der Waals surface area contributed by atoms with Gasteiger partial charge >= 0.3 is 0 Å². The normalized spacial score (nSPS) is 13.8. The molecule has 0 unspecified atom stereocenters. The predicted molar refractivity (Wildman–Crippen MR) is 134 cm³/mol. The Balaban J connectivity index is 1.87. The van der Waals surface area contributed by atoms with Crippen LogP contribution in [0.15, 0.2) is 72.4 Å². The molecule has 168 valence electrons. The molecule has 4 rings (SSSR count). The SMILES string of the molecule is CCN(Cc1ccccc1)C1=C(c2ccc(C)c(C)c2)C(=O)N(c2cc(C)cc(C)c2)C1=O. The molecule has 0 radical (unpaired) electrons. The molecule has 1 heterocycles. The maximum Gasteiger partial charge on any atom is 0.282 e. The van der Waals surface area contributed by atoms with Gasteiger partial charge in [-0.1, -0.05) is 54.6 Å². The highest BCUT2D eigenvalue weighted by Gasteiger charge is 2.42. The molecule has 0 saturated heterocycles. The first-order valence-electron chi connectivity index (χ1n) is 11.4. The summed E-state index contributed by atoms with van der Waals surface area (Å²) in [4.78, 5) is 31.1. The van der Waals surface area contributed by atoms with Gasteiger partial charge in [0.1, 0.15) is 5.70 Å². The summed E-state index contributed by atoms with van der Waals surface area (Å²) in [5, 5.41) is 0. The number of likely N-dealkylation sites (N-methyl/N-ethyl adjacent to an activating group) is 1. The summed E-state index contributed by atoms with van der Waals surface area (Å²) >= 11 is 0. The highest BCUT2D eigenvalue weighted by atomic mass is 16.2. The maximum atomic E-state index is 13.9. The number of hydrogen-bond donors (Lipinski definition) is 0. The van der Waals surface area contributed by atoms with Crippen LogP contribution in [0.4, 0.5) is 5.69 Å². The first-order valence-corrected chi connectivity index (χ1v) is 11.4. The zero-order valence-corrected chi connectivity index (χ0v) is 20.0. The van der Waals surface area contributed by atoms with Crippen molar-refractivity contribution in [3.8, 4) is 0 Å². The maximum absolute atomic E-state index is 13.9. The van der Waals surface area contributed by atoms with E-state index in [1.165, 1.54) is 4.90 Å². The summed E-state index contributed by atoms with van der Waals surface area (Å²) in [7, 11) is 0. The molecule has 1 aliphatic heterocycles. The second-order valence-corrected chi connectivity index (χ2v) is 8.81. The van der Waals surface area contributed by atoms with Crippen LogP contribution in [0.3, 0.4) is 0 Å². The monoisotopic (exact) mass is 438 g/mol. The molecule has 0 atom stereocenters. The zero-order valence-electron chi connectivity index (χ0n) is 20.0. The molecule has 0 aliphatic carbocycles. The number of imide groups is 1. The lowest BCUT2D eigenvalue weighted by molar-refractivity contribution is -0.120. The number of rotatable bonds is 6. The molecule has 0 spiro atoms. The van der Waals surface area contributed by atoms with Crippen molar-refractivity contribution in [2.24, 2.45) is 0 Å². The molecule has 0 bridgehead atoms. The van der Waals surface area contributed by atoms with E-state index in [0.717, 1.165) is 33.4 Å². The third-order valence-corrected chi connectivity index (χ3v) is 6.23. The molecule has 4 nitrogen and oxygen atoms in total. The van der Waals surface area contributed by atoms with Crippen molar-refractivity contribution in [2.45, 2.75) is 41.2 Å². The minimum Gasteiger partial charge on any atom is -0.362 e. The largest absolute Gasteiger partial charge is 0.362 e. The van der Waals surface area contributed by atoms with Crippen molar-refractivity contribution in [1.29, 1.82) is 0 Å². The molecular formula is C29H30N2O2. The Morgan fingerprint density at radius 1 is 0.758 bits per heavy atom. The van der Waals surface area contributed by atoms with Gasteiger partial charge in [0, 0.05) is 13.1 Å². The van der Waals surface area contributed by atoms with E-state index in [-0.39, 0.29) is 11.8 Å². The summed E-state index contributed by atoms with van der Waals surface area (Å²) in [6, 6.07) is 21.9. The van der Waals surface area contributed by atoms with Gasteiger partial charge in [0.25, 0.3) is 11.8 Å². The zero-order chi connectivity index (χ0) is 23.7. The van der Waals surface area contributed by atoms with Gasteiger partial charge in [0.15, 0.2) is 0 Å². The van der Waals surface area contributed by atoms with Crippen LogP contribution in [-0.4, -0.2) is 23.3 Å². The third kappa shape index (κ3) is 4.34. The fourth-order valence-corrected chi connectivity index (χ4v) is 4.44. The van der Waals surface area contributed by atoms with Gasteiger partial charge in [-0.3, -0.25) is 9.59 Å². The van der Waals surface area contributed by atoms with Crippen LogP contribution in [-0.2, 0) is 16.1 Å². The van der Waals surface area contributed by atoms with Gasteiger partial charge in [-0.15, -0.1) is 0 Å². The van der Waals surface area contributed by atoms with E-state index in [0.29, 0.717) is 30.0 Å². The van der Waals surface area contributed by atoms with Gasteiger partial charge in [-0.25, -0.2) is 4.90 Å². The smallest absolute Gasteiger partial charge is 0.282 e. The van der Waals surface area contributed by atoms with E-state index in [1.807, 2.05) is 106 Å². The predicted octanol–water partition coefficient (Wildman–Crippen LogP) is 5.73. The lowest BCUT2D eigenvalue weighted by Crippen LogP contribution is -2.35. The van der Waals surface area contributed by atoms with E-state index in [2.05, 4.69) is 0 Å². The number of carbonyl (C=O) groups is 2. The quantitative estimate of drug-likeness (QED) is 0.462. The van der Waals surface area contributed by atoms with E-state index < -0.39 is 0 Å². The fourth-order valence-electron chi connectivity index (χ4n) is 4.44.